The Morgan fingerprint density at radius 2 is 2.00 bits per heavy atom. The summed E-state index contributed by atoms with van der Waals surface area (Å²) in [7, 11) is 0. The third kappa shape index (κ3) is 4.40. The molecular formula is C14H12N6NaO. The molecule has 0 fully saturated rings. The SMILES string of the molecule is C[C@@H]1CC(=O)NN=C1c1ccc(NN=C(C#N)C#N)cc1.[Na]. The fourth-order valence-corrected chi connectivity index (χ4v) is 1.91. The molecule has 0 bridgehead atoms. The van der Waals surface area contributed by atoms with E-state index in [-0.39, 0.29) is 47.1 Å². The maximum Gasteiger partial charge on any atom is 0.240 e. The van der Waals surface area contributed by atoms with E-state index in [1.165, 1.54) is 0 Å². The largest absolute Gasteiger partial charge is 0.277 e. The number of anilines is 1. The van der Waals surface area contributed by atoms with Crippen molar-refractivity contribution in [2.75, 3.05) is 5.43 Å². The van der Waals surface area contributed by atoms with Crippen molar-refractivity contribution in [2.45, 2.75) is 13.3 Å². The summed E-state index contributed by atoms with van der Waals surface area (Å²) >= 11 is 0. The molecular weight excluding hydrogens is 291 g/mol. The Morgan fingerprint density at radius 3 is 2.55 bits per heavy atom. The molecule has 0 unspecified atom stereocenters. The summed E-state index contributed by atoms with van der Waals surface area (Å²) in [5.74, 6) is -0.0289. The first-order chi connectivity index (χ1) is 10.1. The van der Waals surface area contributed by atoms with E-state index in [0.717, 1.165) is 11.3 Å². The standard InChI is InChI=1S/C14H12N6O.Na/c1-9-6-13(21)19-20-14(9)10-2-4-11(5-3-10)17-18-12(7-15)8-16;/h2-5,9,17H,6H2,1H3,(H,19,21);/t9-;/m1./s1. The van der Waals surface area contributed by atoms with Gasteiger partial charge in [0.2, 0.25) is 11.6 Å². The van der Waals surface area contributed by atoms with Crippen LogP contribution in [0.1, 0.15) is 18.9 Å². The van der Waals surface area contributed by atoms with E-state index in [1.807, 2.05) is 19.1 Å². The van der Waals surface area contributed by atoms with E-state index in [9.17, 15) is 4.79 Å². The second kappa shape index (κ2) is 8.30. The second-order valence-corrected chi connectivity index (χ2v) is 4.51. The molecule has 2 rings (SSSR count). The fraction of sp³-hybridized carbons (Fsp3) is 0.214. The van der Waals surface area contributed by atoms with Crippen LogP contribution in [-0.2, 0) is 4.79 Å². The number of nitrogens with one attached hydrogen (secondary N) is 2. The molecule has 1 heterocycles. The normalized spacial score (nSPS) is 16.0. The Kier molecular flexibility index (Phi) is 6.74. The molecule has 1 aliphatic rings. The Morgan fingerprint density at radius 1 is 1.36 bits per heavy atom. The molecule has 1 amide bonds. The molecule has 8 heteroatoms. The molecule has 1 radical (unpaired) electrons. The van der Waals surface area contributed by atoms with Crippen molar-refractivity contribution in [3.8, 4) is 12.1 Å². The maximum atomic E-state index is 11.2. The number of hydrazone groups is 2. The minimum Gasteiger partial charge on any atom is -0.277 e. The first-order valence-electron chi connectivity index (χ1n) is 6.24. The van der Waals surface area contributed by atoms with Gasteiger partial charge in [-0.15, -0.1) is 0 Å². The summed E-state index contributed by atoms with van der Waals surface area (Å²) in [4.78, 5) is 11.2. The Balaban J connectivity index is 0.00000242. The van der Waals surface area contributed by atoms with Crippen LogP contribution in [0.25, 0.3) is 0 Å². The minimum atomic E-state index is -0.243. The third-order valence-electron chi connectivity index (χ3n) is 2.95. The predicted molar refractivity (Wildman–Crippen MR) is 82.9 cm³/mol. The molecule has 105 valence electrons. The maximum absolute atomic E-state index is 11.2. The number of carbonyl (C=O) groups excluding carboxylic acids is 1. The first-order valence-corrected chi connectivity index (χ1v) is 6.24. The van der Waals surface area contributed by atoms with Crippen molar-refractivity contribution in [3.05, 3.63) is 29.8 Å². The molecule has 7 nitrogen and oxygen atoms in total. The number of hydrogen-bond donors (Lipinski definition) is 2. The van der Waals surface area contributed by atoms with Crippen LogP contribution in [0.15, 0.2) is 34.5 Å². The van der Waals surface area contributed by atoms with Gasteiger partial charge in [0, 0.05) is 41.9 Å². The number of hydrogen-bond acceptors (Lipinski definition) is 6. The van der Waals surface area contributed by atoms with Gasteiger partial charge in [-0.3, -0.25) is 10.2 Å². The van der Waals surface area contributed by atoms with Crippen molar-refractivity contribution in [1.82, 2.24) is 5.43 Å². The van der Waals surface area contributed by atoms with E-state index in [0.29, 0.717) is 12.1 Å². The van der Waals surface area contributed by atoms with Crippen LogP contribution in [0.2, 0.25) is 0 Å². The van der Waals surface area contributed by atoms with Crippen LogP contribution in [0.5, 0.6) is 0 Å². The van der Waals surface area contributed by atoms with Crippen LogP contribution >= 0.6 is 0 Å². The fourth-order valence-electron chi connectivity index (χ4n) is 1.91. The molecule has 0 saturated carbocycles. The van der Waals surface area contributed by atoms with Crippen LogP contribution in [-0.4, -0.2) is 46.9 Å². The van der Waals surface area contributed by atoms with Gasteiger partial charge in [0.25, 0.3) is 0 Å². The van der Waals surface area contributed by atoms with Crippen molar-refractivity contribution in [3.63, 3.8) is 0 Å². The first kappa shape index (κ1) is 17.9. The number of benzene rings is 1. The Labute approximate surface area is 150 Å². The van der Waals surface area contributed by atoms with E-state index >= 15 is 0 Å². The zero-order valence-electron chi connectivity index (χ0n) is 12.3. The molecule has 1 aromatic rings. The van der Waals surface area contributed by atoms with E-state index in [2.05, 4.69) is 21.1 Å². The topological polar surface area (TPSA) is 113 Å². The molecule has 1 atom stereocenters. The predicted octanol–water partition coefficient (Wildman–Crippen LogP) is 0.981. The molecule has 1 aliphatic heterocycles. The van der Waals surface area contributed by atoms with Gasteiger partial charge < -0.3 is 0 Å². The molecule has 0 saturated heterocycles. The Bertz CT molecular complexity index is 680. The smallest absolute Gasteiger partial charge is 0.240 e. The molecule has 0 spiro atoms. The van der Waals surface area contributed by atoms with Crippen LogP contribution in [0, 0.1) is 28.6 Å². The van der Waals surface area contributed by atoms with E-state index in [4.69, 9.17) is 10.5 Å². The second-order valence-electron chi connectivity index (χ2n) is 4.51. The number of amides is 1. The summed E-state index contributed by atoms with van der Waals surface area (Å²) in [6, 6.07) is 10.5. The van der Waals surface area contributed by atoms with Crippen LogP contribution in [0.4, 0.5) is 5.69 Å². The van der Waals surface area contributed by atoms with Crippen LogP contribution < -0.4 is 10.9 Å². The van der Waals surface area contributed by atoms with Gasteiger partial charge in [0.05, 0.1) is 11.4 Å². The summed E-state index contributed by atoms with van der Waals surface area (Å²) < 4.78 is 0. The number of rotatable bonds is 3. The van der Waals surface area contributed by atoms with Gasteiger partial charge in [-0.1, -0.05) is 19.1 Å². The third-order valence-corrected chi connectivity index (χ3v) is 2.95. The van der Waals surface area contributed by atoms with E-state index in [1.54, 1.807) is 24.3 Å². The van der Waals surface area contributed by atoms with Gasteiger partial charge in [-0.2, -0.15) is 20.7 Å². The minimum absolute atomic E-state index is 0. The summed E-state index contributed by atoms with van der Waals surface area (Å²) in [5.41, 5.74) is 7.22. The van der Waals surface area contributed by atoms with E-state index < -0.39 is 0 Å². The zero-order valence-corrected chi connectivity index (χ0v) is 14.3. The molecule has 0 aliphatic carbocycles. The quantitative estimate of drug-likeness (QED) is 0.492. The monoisotopic (exact) mass is 303 g/mol. The van der Waals surface area contributed by atoms with Crippen molar-refractivity contribution in [1.29, 1.82) is 10.5 Å². The van der Waals surface area contributed by atoms with Gasteiger partial charge in [-0.25, -0.2) is 5.43 Å². The number of nitriles is 2. The molecule has 22 heavy (non-hydrogen) atoms. The molecule has 1 aromatic carbocycles. The van der Waals surface area contributed by atoms with Gasteiger partial charge in [-0.05, 0) is 17.7 Å². The van der Waals surface area contributed by atoms with Crippen molar-refractivity contribution in [2.24, 2.45) is 16.1 Å². The van der Waals surface area contributed by atoms with Crippen LogP contribution in [0.3, 0.4) is 0 Å². The van der Waals surface area contributed by atoms with Crippen molar-refractivity contribution < 1.29 is 4.79 Å². The van der Waals surface area contributed by atoms with Gasteiger partial charge in [0.1, 0.15) is 12.1 Å². The van der Waals surface area contributed by atoms with Gasteiger partial charge in [0.15, 0.2) is 0 Å². The summed E-state index contributed by atoms with van der Waals surface area (Å²) in [6.45, 7) is 1.94. The van der Waals surface area contributed by atoms with Gasteiger partial charge >= 0.3 is 0 Å². The Hall–Kier alpha value is -2.19. The number of carbonyl (C=O) groups is 1. The average Bonchev–Trinajstić information content (AvgIpc) is 2.49. The number of nitrogens with zero attached hydrogens (tertiary/aromatic N) is 4. The zero-order chi connectivity index (χ0) is 15.2. The molecule has 2 N–H and O–H groups in total. The molecule has 0 aromatic heterocycles. The van der Waals surface area contributed by atoms with Crippen molar-refractivity contribution >= 4 is 52.6 Å². The summed E-state index contributed by atoms with van der Waals surface area (Å²) in [6.07, 6.45) is 0.414. The summed E-state index contributed by atoms with van der Waals surface area (Å²) in [5, 5.41) is 24.9. The average molecular weight is 303 g/mol.